The van der Waals surface area contributed by atoms with Crippen LogP contribution in [0.15, 0.2) is 29.3 Å². The molecule has 0 aromatic heterocycles. The van der Waals surface area contributed by atoms with E-state index in [1.54, 1.807) is 7.11 Å². The summed E-state index contributed by atoms with van der Waals surface area (Å²) in [7, 11) is 1.66. The number of morpholine rings is 1. The van der Waals surface area contributed by atoms with Crippen molar-refractivity contribution in [2.24, 2.45) is 4.99 Å². The molecule has 0 unspecified atom stereocenters. The van der Waals surface area contributed by atoms with Crippen molar-refractivity contribution in [3.63, 3.8) is 0 Å². The highest BCUT2D eigenvalue weighted by Crippen LogP contribution is 2.16. The van der Waals surface area contributed by atoms with Gasteiger partial charge in [0.05, 0.1) is 26.9 Å². The lowest BCUT2D eigenvalue weighted by Crippen LogP contribution is -2.40. The summed E-state index contributed by atoms with van der Waals surface area (Å²) in [6, 6.07) is 7.64. The van der Waals surface area contributed by atoms with Crippen LogP contribution >= 0.6 is 0 Å². The van der Waals surface area contributed by atoms with Gasteiger partial charge in [0.25, 0.3) is 0 Å². The Hall–Kier alpha value is -1.99. The van der Waals surface area contributed by atoms with Gasteiger partial charge in [0.1, 0.15) is 11.5 Å². The van der Waals surface area contributed by atoms with Gasteiger partial charge >= 0.3 is 0 Å². The molecule has 152 valence electrons. The summed E-state index contributed by atoms with van der Waals surface area (Å²) in [5.41, 5.74) is 0. The molecule has 27 heavy (non-hydrogen) atoms. The van der Waals surface area contributed by atoms with Crippen molar-refractivity contribution < 1.29 is 14.2 Å². The van der Waals surface area contributed by atoms with E-state index < -0.39 is 0 Å². The zero-order chi connectivity index (χ0) is 19.2. The molecular weight excluding hydrogens is 344 g/mol. The van der Waals surface area contributed by atoms with Gasteiger partial charge in [-0.15, -0.1) is 0 Å². The third-order valence-electron chi connectivity index (χ3n) is 4.29. The molecule has 0 bridgehead atoms. The average molecular weight is 379 g/mol. The predicted octanol–water partition coefficient (Wildman–Crippen LogP) is 1.74. The highest BCUT2D eigenvalue weighted by atomic mass is 16.5. The second-order valence-electron chi connectivity index (χ2n) is 6.37. The molecule has 1 fully saturated rings. The molecule has 1 aromatic carbocycles. The van der Waals surface area contributed by atoms with Gasteiger partial charge in [0, 0.05) is 39.1 Å². The zero-order valence-corrected chi connectivity index (χ0v) is 16.7. The largest absolute Gasteiger partial charge is 0.497 e. The Morgan fingerprint density at radius 1 is 1.11 bits per heavy atom. The summed E-state index contributed by atoms with van der Waals surface area (Å²) in [5.74, 6) is 2.57. The molecule has 1 aromatic rings. The quantitative estimate of drug-likeness (QED) is 0.347. The van der Waals surface area contributed by atoms with Gasteiger partial charge < -0.3 is 24.8 Å². The van der Waals surface area contributed by atoms with Crippen molar-refractivity contribution in [1.29, 1.82) is 0 Å². The van der Waals surface area contributed by atoms with Crippen LogP contribution < -0.4 is 20.1 Å². The second-order valence-corrected chi connectivity index (χ2v) is 6.37. The summed E-state index contributed by atoms with van der Waals surface area (Å²) < 4.78 is 16.2. The van der Waals surface area contributed by atoms with Gasteiger partial charge in [0.15, 0.2) is 5.96 Å². The number of aliphatic imine (C=N–C) groups is 1. The van der Waals surface area contributed by atoms with E-state index in [1.165, 1.54) is 0 Å². The fourth-order valence-electron chi connectivity index (χ4n) is 2.79. The average Bonchev–Trinajstić information content (AvgIpc) is 2.72. The van der Waals surface area contributed by atoms with Gasteiger partial charge in [-0.2, -0.15) is 0 Å². The Morgan fingerprint density at radius 3 is 2.56 bits per heavy atom. The maximum absolute atomic E-state index is 5.73. The Kier molecular flexibility index (Phi) is 10.4. The molecule has 0 atom stereocenters. The van der Waals surface area contributed by atoms with Crippen molar-refractivity contribution in [3.8, 4) is 11.5 Å². The first-order valence-electron chi connectivity index (χ1n) is 9.91. The normalized spacial score (nSPS) is 15.4. The van der Waals surface area contributed by atoms with E-state index in [2.05, 4.69) is 27.4 Å². The first-order valence-corrected chi connectivity index (χ1v) is 9.91. The van der Waals surface area contributed by atoms with Gasteiger partial charge in [0.2, 0.25) is 0 Å². The number of methoxy groups -OCH3 is 1. The van der Waals surface area contributed by atoms with E-state index in [1.807, 2.05) is 24.3 Å². The smallest absolute Gasteiger partial charge is 0.191 e. The fourth-order valence-corrected chi connectivity index (χ4v) is 2.79. The van der Waals surface area contributed by atoms with Crippen LogP contribution in [0.25, 0.3) is 0 Å². The number of nitrogens with zero attached hydrogens (tertiary/aromatic N) is 2. The molecule has 0 amide bonds. The summed E-state index contributed by atoms with van der Waals surface area (Å²) in [4.78, 5) is 7.07. The Bertz CT molecular complexity index is 531. The number of ether oxygens (including phenoxy) is 3. The van der Waals surface area contributed by atoms with E-state index in [0.717, 1.165) is 82.8 Å². The van der Waals surface area contributed by atoms with E-state index in [-0.39, 0.29) is 0 Å². The van der Waals surface area contributed by atoms with Crippen molar-refractivity contribution in [2.75, 3.05) is 66.2 Å². The predicted molar refractivity (Wildman–Crippen MR) is 109 cm³/mol. The minimum Gasteiger partial charge on any atom is -0.497 e. The van der Waals surface area contributed by atoms with E-state index >= 15 is 0 Å². The molecule has 0 aliphatic carbocycles. The maximum atomic E-state index is 5.73. The lowest BCUT2D eigenvalue weighted by molar-refractivity contribution is 0.0376. The number of hydrogen-bond donors (Lipinski definition) is 2. The molecule has 1 saturated heterocycles. The first-order chi connectivity index (χ1) is 13.3. The van der Waals surface area contributed by atoms with Crippen LogP contribution in [0.3, 0.4) is 0 Å². The minimum atomic E-state index is 0.645. The van der Waals surface area contributed by atoms with Crippen molar-refractivity contribution in [2.45, 2.75) is 19.8 Å². The number of hydrogen-bond acceptors (Lipinski definition) is 5. The third kappa shape index (κ3) is 8.97. The molecule has 7 heteroatoms. The summed E-state index contributed by atoms with van der Waals surface area (Å²) in [6.45, 7) is 10.1. The lowest BCUT2D eigenvalue weighted by Gasteiger charge is -2.26. The Balaban J connectivity index is 1.58. The topological polar surface area (TPSA) is 67.4 Å². The highest BCUT2D eigenvalue weighted by molar-refractivity contribution is 5.79. The molecule has 1 aliphatic heterocycles. The number of rotatable bonds is 11. The van der Waals surface area contributed by atoms with E-state index in [9.17, 15) is 0 Å². The van der Waals surface area contributed by atoms with Gasteiger partial charge in [-0.1, -0.05) is 0 Å². The van der Waals surface area contributed by atoms with Gasteiger partial charge in [-0.3, -0.25) is 9.89 Å². The van der Waals surface area contributed by atoms with Crippen molar-refractivity contribution >= 4 is 5.96 Å². The van der Waals surface area contributed by atoms with E-state index in [0.29, 0.717) is 6.61 Å². The molecule has 0 radical (unpaired) electrons. The van der Waals surface area contributed by atoms with Gasteiger partial charge in [-0.25, -0.2) is 0 Å². The molecule has 2 N–H and O–H groups in total. The Morgan fingerprint density at radius 2 is 1.85 bits per heavy atom. The monoisotopic (exact) mass is 378 g/mol. The standard InChI is InChI=1S/C20H34N4O3/c1-3-21-20(22-10-4-12-24-13-16-26-17-14-24)23-11-5-15-27-19-8-6-18(25-2)7-9-19/h6-9H,3-5,10-17H2,1-2H3,(H2,21,22,23). The Labute approximate surface area is 163 Å². The molecule has 0 spiro atoms. The zero-order valence-electron chi connectivity index (χ0n) is 16.7. The molecular formula is C20H34N4O3. The second kappa shape index (κ2) is 13.2. The molecule has 7 nitrogen and oxygen atoms in total. The summed E-state index contributed by atoms with van der Waals surface area (Å²) >= 11 is 0. The SMILES string of the molecule is CCNC(=NCCCOc1ccc(OC)cc1)NCCCN1CCOCC1. The van der Waals surface area contributed by atoms with Gasteiger partial charge in [-0.05, 0) is 44.2 Å². The first kappa shape index (κ1) is 21.3. The third-order valence-corrected chi connectivity index (χ3v) is 4.29. The van der Waals surface area contributed by atoms with Crippen LogP contribution in [0, 0.1) is 0 Å². The van der Waals surface area contributed by atoms with Crippen LogP contribution in [-0.4, -0.2) is 77.1 Å². The molecule has 1 heterocycles. The minimum absolute atomic E-state index is 0.645. The highest BCUT2D eigenvalue weighted by Gasteiger charge is 2.09. The van der Waals surface area contributed by atoms with Crippen LogP contribution in [0.1, 0.15) is 19.8 Å². The van der Waals surface area contributed by atoms with Crippen LogP contribution in [-0.2, 0) is 4.74 Å². The fraction of sp³-hybridized carbons (Fsp3) is 0.650. The molecule has 1 aliphatic rings. The van der Waals surface area contributed by atoms with E-state index in [4.69, 9.17) is 14.2 Å². The van der Waals surface area contributed by atoms with Crippen molar-refractivity contribution in [3.05, 3.63) is 24.3 Å². The number of guanidine groups is 1. The van der Waals surface area contributed by atoms with Crippen molar-refractivity contribution in [1.82, 2.24) is 15.5 Å². The summed E-state index contributed by atoms with van der Waals surface area (Å²) in [6.07, 6.45) is 1.97. The number of benzene rings is 1. The van der Waals surface area contributed by atoms with Crippen LogP contribution in [0.4, 0.5) is 0 Å². The number of nitrogens with one attached hydrogen (secondary N) is 2. The molecule has 2 rings (SSSR count). The lowest BCUT2D eigenvalue weighted by atomic mass is 10.3. The van der Waals surface area contributed by atoms with Crippen LogP contribution in [0.2, 0.25) is 0 Å². The molecule has 0 saturated carbocycles. The van der Waals surface area contributed by atoms with Crippen LogP contribution in [0.5, 0.6) is 11.5 Å². The maximum Gasteiger partial charge on any atom is 0.191 e. The summed E-state index contributed by atoms with van der Waals surface area (Å²) in [5, 5.41) is 6.70.